The molecule has 1 aromatic heterocycles. The molecule has 0 saturated heterocycles. The number of aryl methyl sites for hydroxylation is 3. The van der Waals surface area contributed by atoms with Crippen molar-refractivity contribution < 1.29 is 13.9 Å². The Morgan fingerprint density at radius 1 is 1.09 bits per heavy atom. The van der Waals surface area contributed by atoms with E-state index in [0.29, 0.717) is 34.3 Å². The zero-order chi connectivity index (χ0) is 22.5. The predicted molar refractivity (Wildman–Crippen MR) is 128 cm³/mol. The van der Waals surface area contributed by atoms with Gasteiger partial charge < -0.3 is 15.4 Å². The van der Waals surface area contributed by atoms with Crippen molar-refractivity contribution >= 4 is 28.9 Å². The number of anilines is 4. The summed E-state index contributed by atoms with van der Waals surface area (Å²) in [4.78, 5) is 20.8. The third-order valence-electron chi connectivity index (χ3n) is 4.89. The van der Waals surface area contributed by atoms with Crippen molar-refractivity contribution in [2.75, 3.05) is 17.7 Å². The molecule has 3 rings (SSSR count). The maximum absolute atomic E-state index is 14.3. The van der Waals surface area contributed by atoms with Crippen LogP contribution in [0.1, 0.15) is 29.7 Å². The fraction of sp³-hybridized carbons (Fsp3) is 0.240. The van der Waals surface area contributed by atoms with Gasteiger partial charge in [0.2, 0.25) is 5.95 Å². The van der Waals surface area contributed by atoms with Crippen molar-refractivity contribution in [3.05, 3.63) is 77.3 Å². The summed E-state index contributed by atoms with van der Waals surface area (Å²) >= 11 is 0. The van der Waals surface area contributed by atoms with Crippen molar-refractivity contribution in [3.8, 4) is 5.75 Å². The Hall–Kier alpha value is -3.74. The van der Waals surface area contributed by atoms with Gasteiger partial charge in [-0.15, -0.1) is 0 Å². The number of methoxy groups -OCH3 is 1. The second-order valence-electron chi connectivity index (χ2n) is 7.26. The van der Waals surface area contributed by atoms with Crippen LogP contribution in [0.3, 0.4) is 0 Å². The number of allylic oxidation sites excluding steroid dienone is 1. The van der Waals surface area contributed by atoms with Gasteiger partial charge in [-0.3, -0.25) is 4.79 Å². The second-order valence-corrected chi connectivity index (χ2v) is 7.26. The van der Waals surface area contributed by atoms with Crippen LogP contribution in [-0.2, 0) is 11.2 Å². The van der Waals surface area contributed by atoms with Crippen LogP contribution in [0.5, 0.6) is 5.75 Å². The molecule has 3 aromatic rings. The Bertz CT molecular complexity index is 1150. The molecule has 7 heteroatoms. The Morgan fingerprint density at radius 2 is 1.84 bits per heavy atom. The lowest BCUT2D eigenvalue weighted by molar-refractivity contribution is -0.114. The number of hydrogen-bond donors (Lipinski definition) is 2. The summed E-state index contributed by atoms with van der Waals surface area (Å²) in [6.07, 6.45) is 3.05. The van der Waals surface area contributed by atoms with Gasteiger partial charge in [-0.05, 0) is 55.7 Å². The highest BCUT2D eigenvalue weighted by Crippen LogP contribution is 2.28. The van der Waals surface area contributed by atoms with Crippen LogP contribution in [-0.4, -0.2) is 22.9 Å². The minimum absolute atomic E-state index is 0. The molecule has 0 aliphatic heterocycles. The molecule has 0 bridgehead atoms. The molecule has 0 aliphatic rings. The zero-order valence-corrected chi connectivity index (χ0v) is 18.0. The lowest BCUT2D eigenvalue weighted by Crippen LogP contribution is -2.07. The second kappa shape index (κ2) is 10.5. The molecule has 0 unspecified atom stereocenters. The molecular formula is C25H29FN4O2. The topological polar surface area (TPSA) is 76.1 Å². The van der Waals surface area contributed by atoms with Crippen LogP contribution in [0.4, 0.5) is 27.5 Å². The number of ether oxygens (including phenoxy) is 1. The maximum Gasteiger partial charge on any atom is 0.229 e. The standard InChI is InChI=1S/C24H25FN4O2.CH4/c1-6-18(30)10-17-9-15(3)20(25)12-22(17)27-23-16(4)13-26-24(29-23)28-21-11-19(31-5)8-7-14(21)2;/h6-9,11-13H,1,10H2,2-5H3,(H2,26,27,28,29);1H4. The first-order valence-corrected chi connectivity index (χ1v) is 9.77. The summed E-state index contributed by atoms with van der Waals surface area (Å²) < 4.78 is 19.5. The fourth-order valence-electron chi connectivity index (χ4n) is 3.00. The van der Waals surface area contributed by atoms with Crippen molar-refractivity contribution in [1.82, 2.24) is 9.97 Å². The number of hydrogen-bond acceptors (Lipinski definition) is 6. The molecule has 168 valence electrons. The highest BCUT2D eigenvalue weighted by atomic mass is 19.1. The number of nitrogens with zero attached hydrogens (tertiary/aromatic N) is 2. The summed E-state index contributed by atoms with van der Waals surface area (Å²) in [5.41, 5.74) is 4.20. The molecule has 0 radical (unpaired) electrons. The smallest absolute Gasteiger partial charge is 0.229 e. The lowest BCUT2D eigenvalue weighted by Gasteiger charge is -2.15. The van der Waals surface area contributed by atoms with E-state index in [2.05, 4.69) is 27.2 Å². The molecule has 6 nitrogen and oxygen atoms in total. The van der Waals surface area contributed by atoms with Gasteiger partial charge in [-0.25, -0.2) is 9.37 Å². The number of rotatable bonds is 8. The molecule has 0 fully saturated rings. The van der Waals surface area contributed by atoms with Crippen LogP contribution in [0, 0.1) is 26.6 Å². The molecule has 32 heavy (non-hydrogen) atoms. The van der Waals surface area contributed by atoms with Crippen LogP contribution < -0.4 is 15.4 Å². The average molecular weight is 437 g/mol. The van der Waals surface area contributed by atoms with E-state index in [1.54, 1.807) is 26.3 Å². The number of halogens is 1. The fourth-order valence-corrected chi connectivity index (χ4v) is 3.00. The number of aromatic nitrogens is 2. The van der Waals surface area contributed by atoms with Gasteiger partial charge in [0.25, 0.3) is 0 Å². The normalized spacial score (nSPS) is 10.2. The number of carbonyl (C=O) groups excluding carboxylic acids is 1. The van der Waals surface area contributed by atoms with E-state index >= 15 is 0 Å². The highest BCUT2D eigenvalue weighted by molar-refractivity contribution is 5.92. The van der Waals surface area contributed by atoms with Gasteiger partial charge in [0.1, 0.15) is 17.4 Å². The summed E-state index contributed by atoms with van der Waals surface area (Å²) in [5.74, 6) is 1.08. The van der Waals surface area contributed by atoms with Crippen molar-refractivity contribution in [3.63, 3.8) is 0 Å². The number of nitrogens with one attached hydrogen (secondary N) is 2. The molecule has 2 aromatic carbocycles. The zero-order valence-electron chi connectivity index (χ0n) is 18.0. The highest BCUT2D eigenvalue weighted by Gasteiger charge is 2.13. The van der Waals surface area contributed by atoms with E-state index in [4.69, 9.17) is 4.74 Å². The van der Waals surface area contributed by atoms with E-state index in [1.807, 2.05) is 32.0 Å². The first-order chi connectivity index (χ1) is 14.8. The van der Waals surface area contributed by atoms with Gasteiger partial charge in [-0.2, -0.15) is 4.98 Å². The Balaban J connectivity index is 0.00000363. The van der Waals surface area contributed by atoms with Crippen molar-refractivity contribution in [2.24, 2.45) is 0 Å². The molecule has 0 amide bonds. The number of ketones is 1. The molecule has 2 N–H and O–H groups in total. The quantitative estimate of drug-likeness (QED) is 0.424. The summed E-state index contributed by atoms with van der Waals surface area (Å²) in [5, 5.41) is 6.35. The van der Waals surface area contributed by atoms with Gasteiger partial charge in [0.05, 0.1) is 7.11 Å². The predicted octanol–water partition coefficient (Wildman–Crippen LogP) is 5.97. The molecule has 0 saturated carbocycles. The Labute approximate surface area is 188 Å². The lowest BCUT2D eigenvalue weighted by atomic mass is 10.0. The number of carbonyl (C=O) groups is 1. The van der Waals surface area contributed by atoms with Crippen molar-refractivity contribution in [1.29, 1.82) is 0 Å². The third-order valence-corrected chi connectivity index (χ3v) is 4.89. The minimum Gasteiger partial charge on any atom is -0.497 e. The van der Waals surface area contributed by atoms with E-state index < -0.39 is 0 Å². The maximum atomic E-state index is 14.3. The first-order valence-electron chi connectivity index (χ1n) is 9.77. The average Bonchev–Trinajstić information content (AvgIpc) is 2.75. The molecule has 0 spiro atoms. The Morgan fingerprint density at radius 3 is 2.53 bits per heavy atom. The summed E-state index contributed by atoms with van der Waals surface area (Å²) in [6, 6.07) is 8.71. The number of benzene rings is 2. The van der Waals surface area contributed by atoms with Crippen LogP contribution in [0.15, 0.2) is 49.2 Å². The Kier molecular flexibility index (Phi) is 8.07. The van der Waals surface area contributed by atoms with Gasteiger partial charge in [0.15, 0.2) is 5.78 Å². The monoisotopic (exact) mass is 436 g/mol. The minimum atomic E-state index is -0.366. The molecule has 0 atom stereocenters. The van der Waals surface area contributed by atoms with Crippen LogP contribution in [0.2, 0.25) is 0 Å². The largest absolute Gasteiger partial charge is 0.497 e. The van der Waals surface area contributed by atoms with E-state index in [-0.39, 0.29) is 25.4 Å². The van der Waals surface area contributed by atoms with Crippen molar-refractivity contribution in [2.45, 2.75) is 34.6 Å². The van der Waals surface area contributed by atoms with Gasteiger partial charge in [-0.1, -0.05) is 26.1 Å². The summed E-state index contributed by atoms with van der Waals surface area (Å²) in [7, 11) is 1.61. The molecular weight excluding hydrogens is 407 g/mol. The van der Waals surface area contributed by atoms with Gasteiger partial charge >= 0.3 is 0 Å². The SMILES string of the molecule is C.C=CC(=O)Cc1cc(C)c(F)cc1Nc1nc(Nc2cc(OC)ccc2C)ncc1C. The van der Waals surface area contributed by atoms with E-state index in [1.165, 1.54) is 12.1 Å². The van der Waals surface area contributed by atoms with Crippen LogP contribution in [0.25, 0.3) is 0 Å². The van der Waals surface area contributed by atoms with Crippen LogP contribution >= 0.6 is 0 Å². The van der Waals surface area contributed by atoms with E-state index in [0.717, 1.165) is 16.8 Å². The third kappa shape index (κ3) is 5.69. The van der Waals surface area contributed by atoms with E-state index in [9.17, 15) is 9.18 Å². The molecule has 0 aliphatic carbocycles. The van der Waals surface area contributed by atoms with Gasteiger partial charge in [0, 0.05) is 35.6 Å². The summed E-state index contributed by atoms with van der Waals surface area (Å²) in [6.45, 7) is 8.99. The molecule has 1 heterocycles. The first kappa shape index (κ1) is 24.5.